The van der Waals surface area contributed by atoms with Crippen LogP contribution < -0.4 is 5.32 Å². The van der Waals surface area contributed by atoms with Gasteiger partial charge < -0.3 is 10.1 Å². The molecule has 0 saturated carbocycles. The number of halogens is 2. The molecule has 1 aromatic heterocycles. The normalized spacial score (nSPS) is 18.2. The Labute approximate surface area is 173 Å². The number of aryl methyl sites for hydroxylation is 1. The number of fused-ring (bicyclic) bond motifs is 3. The summed E-state index contributed by atoms with van der Waals surface area (Å²) in [6.45, 7) is 3.04. The maximum absolute atomic E-state index is 13.9. The van der Waals surface area contributed by atoms with Gasteiger partial charge in [0.05, 0.1) is 11.6 Å². The molecule has 0 bridgehead atoms. The highest BCUT2D eigenvalue weighted by atomic mass is 79.9. The van der Waals surface area contributed by atoms with Gasteiger partial charge in [-0.2, -0.15) is 0 Å². The summed E-state index contributed by atoms with van der Waals surface area (Å²) in [5.74, 6) is 0. The average molecular weight is 445 g/mol. The van der Waals surface area contributed by atoms with Gasteiger partial charge >= 0.3 is 0 Å². The van der Waals surface area contributed by atoms with Crippen LogP contribution in [-0.4, -0.2) is 16.8 Å². The Morgan fingerprint density at radius 2 is 2.00 bits per heavy atom. The number of H-pyrrole nitrogens is 1. The number of nitrogens with one attached hydrogen (secondary N) is 2. The van der Waals surface area contributed by atoms with E-state index in [0.717, 1.165) is 40.4 Å². The molecule has 3 aromatic rings. The van der Waals surface area contributed by atoms with E-state index in [-0.39, 0.29) is 12.1 Å². The zero-order chi connectivity index (χ0) is 19.9. The first-order valence-electron chi connectivity index (χ1n) is 9.81. The SMILES string of the molecule is CC(C)(O)c1ccc([C@@H](CF)N[C@@H]2CCCc3c2[nH]c2ccc(Br)cc32)cc1. The summed E-state index contributed by atoms with van der Waals surface area (Å²) in [5, 5.41) is 14.9. The number of aromatic nitrogens is 1. The summed E-state index contributed by atoms with van der Waals surface area (Å²) in [4.78, 5) is 3.56. The Hall–Kier alpha value is -1.69. The predicted octanol–water partition coefficient (Wildman–Crippen LogP) is 5.84. The molecule has 0 saturated heterocycles. The molecule has 0 amide bonds. The molecule has 0 spiro atoms. The van der Waals surface area contributed by atoms with Crippen molar-refractivity contribution in [3.63, 3.8) is 0 Å². The second kappa shape index (κ2) is 7.62. The summed E-state index contributed by atoms with van der Waals surface area (Å²) in [7, 11) is 0. The number of hydrogen-bond acceptors (Lipinski definition) is 2. The molecular formula is C23H26BrFN2O. The molecule has 1 aliphatic rings. The molecule has 1 heterocycles. The summed E-state index contributed by atoms with van der Waals surface area (Å²) in [5.41, 5.74) is 4.50. The molecule has 0 fully saturated rings. The van der Waals surface area contributed by atoms with Gasteiger partial charge in [0.2, 0.25) is 0 Å². The van der Waals surface area contributed by atoms with Crippen molar-refractivity contribution >= 4 is 26.8 Å². The third-order valence-corrected chi connectivity index (χ3v) is 6.24. The van der Waals surface area contributed by atoms with Gasteiger partial charge in [-0.05, 0) is 68.0 Å². The molecule has 3 N–H and O–H groups in total. The van der Waals surface area contributed by atoms with Crippen LogP contribution in [0.4, 0.5) is 4.39 Å². The molecule has 2 atom stereocenters. The first-order valence-corrected chi connectivity index (χ1v) is 10.6. The number of aliphatic hydroxyl groups is 1. The van der Waals surface area contributed by atoms with E-state index >= 15 is 0 Å². The summed E-state index contributed by atoms with van der Waals surface area (Å²) in [6.07, 6.45) is 3.12. The van der Waals surface area contributed by atoms with Gasteiger partial charge in [-0.25, -0.2) is 4.39 Å². The molecular weight excluding hydrogens is 419 g/mol. The molecule has 0 aliphatic heterocycles. The predicted molar refractivity (Wildman–Crippen MR) is 115 cm³/mol. The average Bonchev–Trinajstić information content (AvgIpc) is 3.04. The van der Waals surface area contributed by atoms with Gasteiger partial charge in [-0.15, -0.1) is 0 Å². The lowest BCUT2D eigenvalue weighted by atomic mass is 9.90. The van der Waals surface area contributed by atoms with Crippen LogP contribution in [0.25, 0.3) is 10.9 Å². The molecule has 2 aromatic carbocycles. The summed E-state index contributed by atoms with van der Waals surface area (Å²) < 4.78 is 15.0. The molecule has 28 heavy (non-hydrogen) atoms. The Bertz CT molecular complexity index is 975. The van der Waals surface area contributed by atoms with Crippen LogP contribution >= 0.6 is 15.9 Å². The summed E-state index contributed by atoms with van der Waals surface area (Å²) >= 11 is 3.56. The van der Waals surface area contributed by atoms with Crippen molar-refractivity contribution in [3.8, 4) is 0 Å². The minimum Gasteiger partial charge on any atom is -0.386 e. The number of alkyl halides is 1. The quantitative estimate of drug-likeness (QED) is 0.463. The lowest BCUT2D eigenvalue weighted by Crippen LogP contribution is -2.30. The highest BCUT2D eigenvalue weighted by Crippen LogP contribution is 2.37. The minimum absolute atomic E-state index is 0.102. The fourth-order valence-corrected chi connectivity index (χ4v) is 4.56. The van der Waals surface area contributed by atoms with Gasteiger partial charge in [-0.1, -0.05) is 40.2 Å². The third-order valence-electron chi connectivity index (χ3n) is 5.75. The van der Waals surface area contributed by atoms with E-state index < -0.39 is 12.3 Å². The van der Waals surface area contributed by atoms with Crippen molar-refractivity contribution in [2.24, 2.45) is 0 Å². The smallest absolute Gasteiger partial charge is 0.109 e. The second-order valence-corrected chi connectivity index (χ2v) is 9.12. The Kier molecular flexibility index (Phi) is 5.34. The van der Waals surface area contributed by atoms with Gasteiger partial charge in [0.1, 0.15) is 6.67 Å². The van der Waals surface area contributed by atoms with Gasteiger partial charge in [0.15, 0.2) is 0 Å². The van der Waals surface area contributed by atoms with Crippen LogP contribution in [0.15, 0.2) is 46.9 Å². The van der Waals surface area contributed by atoms with Crippen molar-refractivity contribution in [1.29, 1.82) is 0 Å². The molecule has 3 nitrogen and oxygen atoms in total. The van der Waals surface area contributed by atoms with E-state index in [2.05, 4.69) is 38.4 Å². The first-order chi connectivity index (χ1) is 13.4. The second-order valence-electron chi connectivity index (χ2n) is 8.21. The van der Waals surface area contributed by atoms with Crippen LogP contribution in [-0.2, 0) is 12.0 Å². The molecule has 5 heteroatoms. The minimum atomic E-state index is -0.895. The number of aromatic amines is 1. The molecule has 148 valence electrons. The fourth-order valence-electron chi connectivity index (χ4n) is 4.20. The molecule has 0 unspecified atom stereocenters. The first kappa shape index (κ1) is 19.6. The van der Waals surface area contributed by atoms with E-state index in [9.17, 15) is 9.50 Å². The van der Waals surface area contributed by atoms with Crippen molar-refractivity contribution in [3.05, 3.63) is 69.3 Å². The van der Waals surface area contributed by atoms with Crippen LogP contribution in [0.5, 0.6) is 0 Å². The number of hydrogen-bond donors (Lipinski definition) is 3. The van der Waals surface area contributed by atoms with Crippen LogP contribution in [0.2, 0.25) is 0 Å². The Morgan fingerprint density at radius 1 is 1.25 bits per heavy atom. The molecule has 4 rings (SSSR count). The zero-order valence-corrected chi connectivity index (χ0v) is 17.8. The van der Waals surface area contributed by atoms with E-state index in [0.29, 0.717) is 0 Å². The van der Waals surface area contributed by atoms with E-state index in [1.165, 1.54) is 16.6 Å². The summed E-state index contributed by atoms with van der Waals surface area (Å²) in [6, 6.07) is 13.6. The third kappa shape index (κ3) is 3.76. The maximum Gasteiger partial charge on any atom is 0.109 e. The number of rotatable bonds is 5. The van der Waals surface area contributed by atoms with Gasteiger partial charge in [-0.3, -0.25) is 5.32 Å². The maximum atomic E-state index is 13.9. The van der Waals surface area contributed by atoms with E-state index in [4.69, 9.17) is 0 Å². The molecule has 0 radical (unpaired) electrons. The van der Waals surface area contributed by atoms with E-state index in [1.54, 1.807) is 13.8 Å². The Balaban J connectivity index is 1.61. The highest BCUT2D eigenvalue weighted by molar-refractivity contribution is 9.10. The number of benzene rings is 2. The van der Waals surface area contributed by atoms with Crippen LogP contribution in [0.3, 0.4) is 0 Å². The van der Waals surface area contributed by atoms with Crippen molar-refractivity contribution in [2.45, 2.75) is 50.8 Å². The van der Waals surface area contributed by atoms with Gasteiger partial charge in [0, 0.05) is 27.1 Å². The lowest BCUT2D eigenvalue weighted by Gasteiger charge is -2.28. The topological polar surface area (TPSA) is 48.0 Å². The van der Waals surface area contributed by atoms with Crippen molar-refractivity contribution < 1.29 is 9.50 Å². The zero-order valence-electron chi connectivity index (χ0n) is 16.2. The molecule has 1 aliphatic carbocycles. The van der Waals surface area contributed by atoms with Gasteiger partial charge in [0.25, 0.3) is 0 Å². The standard InChI is InChI=1S/C23H26BrFN2O/c1-23(2,28)15-8-6-14(7-9-15)21(13-25)26-20-5-3-4-17-18-12-16(24)10-11-19(18)27-22(17)20/h6-12,20-21,26-28H,3-5,13H2,1-2H3/t20-,21-/m1/s1. The highest BCUT2D eigenvalue weighted by Gasteiger charge is 2.27. The largest absolute Gasteiger partial charge is 0.386 e. The lowest BCUT2D eigenvalue weighted by molar-refractivity contribution is 0.0785. The van der Waals surface area contributed by atoms with Crippen LogP contribution in [0, 0.1) is 0 Å². The fraction of sp³-hybridized carbons (Fsp3) is 0.391. The van der Waals surface area contributed by atoms with E-state index in [1.807, 2.05) is 30.3 Å². The van der Waals surface area contributed by atoms with Crippen molar-refractivity contribution in [2.75, 3.05) is 6.67 Å². The van der Waals surface area contributed by atoms with Crippen LogP contribution in [0.1, 0.15) is 61.2 Å². The monoisotopic (exact) mass is 444 g/mol. The van der Waals surface area contributed by atoms with Crippen molar-refractivity contribution in [1.82, 2.24) is 10.3 Å². The Morgan fingerprint density at radius 3 is 2.68 bits per heavy atom.